The van der Waals surface area contributed by atoms with Gasteiger partial charge in [0.1, 0.15) is 0 Å². The van der Waals surface area contributed by atoms with Crippen molar-refractivity contribution in [3.8, 4) is 5.75 Å². The van der Waals surface area contributed by atoms with Crippen LogP contribution < -0.4 is 15.8 Å². The van der Waals surface area contributed by atoms with Crippen molar-refractivity contribution in [3.63, 3.8) is 0 Å². The normalized spacial score (nSPS) is 15.6. The molecule has 0 heterocycles. The molecule has 118 valence electrons. The molecule has 3 N–H and O–H groups in total. The monoisotopic (exact) mass is 296 g/mol. The topological polar surface area (TPSA) is 64.3 Å². The first-order chi connectivity index (χ1) is 9.64. The van der Waals surface area contributed by atoms with Crippen LogP contribution in [-0.4, -0.2) is 23.6 Å². The molecule has 0 fully saturated rings. The number of ether oxygens (including phenoxy) is 1. The lowest BCUT2D eigenvalue weighted by atomic mass is 9.93. The molecule has 0 spiro atoms. The zero-order chi connectivity index (χ0) is 16.2. The second-order valence-electron chi connectivity index (χ2n) is 6.06. The van der Waals surface area contributed by atoms with E-state index in [0.717, 1.165) is 5.56 Å². The molecule has 0 saturated carbocycles. The molecule has 0 aliphatic rings. The molecule has 1 amide bonds. The van der Waals surface area contributed by atoms with Crippen LogP contribution >= 0.6 is 0 Å². The smallest absolute Gasteiger partial charge is 0.237 e. The van der Waals surface area contributed by atoms with Gasteiger partial charge in [0.05, 0.1) is 11.6 Å². The van der Waals surface area contributed by atoms with Gasteiger partial charge in [-0.2, -0.15) is 0 Å². The van der Waals surface area contributed by atoms with Crippen molar-refractivity contribution in [2.75, 3.05) is 0 Å². The lowest BCUT2D eigenvalue weighted by Crippen LogP contribution is -2.57. The number of benzene rings is 1. The predicted molar refractivity (Wildman–Crippen MR) is 81.7 cm³/mol. The summed E-state index contributed by atoms with van der Waals surface area (Å²) in [5.74, 6) is -0.666. The molecule has 1 aromatic rings. The van der Waals surface area contributed by atoms with Crippen molar-refractivity contribution < 1.29 is 13.9 Å². The van der Waals surface area contributed by atoms with Crippen LogP contribution in [0.15, 0.2) is 18.2 Å². The first-order valence-electron chi connectivity index (χ1n) is 7.14. The maximum Gasteiger partial charge on any atom is 0.237 e. The van der Waals surface area contributed by atoms with Crippen molar-refractivity contribution in [3.05, 3.63) is 29.6 Å². The quantitative estimate of drug-likeness (QED) is 0.812. The molecule has 1 rings (SSSR count). The van der Waals surface area contributed by atoms with Gasteiger partial charge < -0.3 is 15.8 Å². The molecule has 5 heteroatoms. The highest BCUT2D eigenvalue weighted by Crippen LogP contribution is 2.23. The number of hydrogen-bond donors (Lipinski definition) is 2. The molecule has 1 aromatic carbocycles. The summed E-state index contributed by atoms with van der Waals surface area (Å²) >= 11 is 0. The van der Waals surface area contributed by atoms with Gasteiger partial charge in [-0.1, -0.05) is 6.07 Å². The third-order valence-electron chi connectivity index (χ3n) is 3.26. The summed E-state index contributed by atoms with van der Waals surface area (Å²) < 4.78 is 19.3. The van der Waals surface area contributed by atoms with Crippen molar-refractivity contribution in [1.29, 1.82) is 0 Å². The molecule has 0 bridgehead atoms. The lowest BCUT2D eigenvalue weighted by molar-refractivity contribution is -0.125. The number of rotatable bonds is 7. The highest BCUT2D eigenvalue weighted by Gasteiger charge is 2.34. The molecule has 0 aliphatic heterocycles. The predicted octanol–water partition coefficient (Wildman–Crippen LogP) is 2.53. The van der Waals surface area contributed by atoms with Crippen molar-refractivity contribution in [2.45, 2.75) is 58.7 Å². The molecule has 2 unspecified atom stereocenters. The largest absolute Gasteiger partial charge is 0.488 e. The van der Waals surface area contributed by atoms with E-state index < -0.39 is 17.3 Å². The Kier molecular flexibility index (Phi) is 5.72. The summed E-state index contributed by atoms with van der Waals surface area (Å²) in [4.78, 5) is 11.7. The second kappa shape index (κ2) is 6.89. The van der Waals surface area contributed by atoms with Crippen LogP contribution in [0.3, 0.4) is 0 Å². The number of aryl methyl sites for hydroxylation is 1. The van der Waals surface area contributed by atoms with Gasteiger partial charge >= 0.3 is 0 Å². The number of amides is 1. The molecule has 0 saturated heterocycles. The molecule has 21 heavy (non-hydrogen) atoms. The molecule has 4 nitrogen and oxygen atoms in total. The molecule has 0 aliphatic carbocycles. The Labute approximate surface area is 125 Å². The van der Waals surface area contributed by atoms with Gasteiger partial charge in [0.15, 0.2) is 11.6 Å². The molecule has 0 aromatic heterocycles. The number of halogens is 1. The summed E-state index contributed by atoms with van der Waals surface area (Å²) in [5, 5.41) is 3.15. The Morgan fingerprint density at radius 1 is 1.43 bits per heavy atom. The average molecular weight is 296 g/mol. The van der Waals surface area contributed by atoms with E-state index in [1.165, 1.54) is 6.07 Å². The maximum atomic E-state index is 13.7. The van der Waals surface area contributed by atoms with E-state index in [9.17, 15) is 9.18 Å². The first-order valence-corrected chi connectivity index (χ1v) is 7.14. The van der Waals surface area contributed by atoms with Crippen LogP contribution in [0.2, 0.25) is 0 Å². The van der Waals surface area contributed by atoms with E-state index in [1.807, 2.05) is 20.8 Å². The van der Waals surface area contributed by atoms with E-state index in [4.69, 9.17) is 10.5 Å². The van der Waals surface area contributed by atoms with Crippen molar-refractivity contribution in [2.24, 2.45) is 5.73 Å². The van der Waals surface area contributed by atoms with Crippen LogP contribution in [0.25, 0.3) is 0 Å². The fraction of sp³-hybridized carbons (Fsp3) is 0.562. The standard InChI is InChI=1S/C16H25FN2O2/c1-10(2)19-16(5,15(18)20)9-12(4)21-14-8-11(3)6-7-13(14)17/h6-8,10,12,19H,9H2,1-5H3,(H2,18,20). The number of nitrogens with two attached hydrogens (primary N) is 1. The highest BCUT2D eigenvalue weighted by molar-refractivity contribution is 5.84. The van der Waals surface area contributed by atoms with Crippen LogP contribution in [0.4, 0.5) is 4.39 Å². The number of carbonyl (C=O) groups is 1. The molecular weight excluding hydrogens is 271 g/mol. The van der Waals surface area contributed by atoms with Crippen molar-refractivity contribution >= 4 is 5.91 Å². The summed E-state index contributed by atoms with van der Waals surface area (Å²) in [5.41, 5.74) is 5.50. The van der Waals surface area contributed by atoms with E-state index >= 15 is 0 Å². The van der Waals surface area contributed by atoms with Crippen molar-refractivity contribution in [1.82, 2.24) is 5.32 Å². The van der Waals surface area contributed by atoms with Gasteiger partial charge in [0.25, 0.3) is 0 Å². The maximum absolute atomic E-state index is 13.7. The fourth-order valence-electron chi connectivity index (χ4n) is 2.40. The molecule has 0 radical (unpaired) electrons. The number of carbonyl (C=O) groups excluding carboxylic acids is 1. The Morgan fingerprint density at radius 3 is 2.57 bits per heavy atom. The zero-order valence-corrected chi connectivity index (χ0v) is 13.4. The van der Waals surface area contributed by atoms with Gasteiger partial charge in [0, 0.05) is 12.5 Å². The number of primary amides is 1. The van der Waals surface area contributed by atoms with Gasteiger partial charge in [-0.05, 0) is 52.3 Å². The van der Waals surface area contributed by atoms with E-state index in [1.54, 1.807) is 26.0 Å². The minimum Gasteiger partial charge on any atom is -0.488 e. The van der Waals surface area contributed by atoms with Crippen LogP contribution in [0.1, 0.15) is 39.7 Å². The summed E-state index contributed by atoms with van der Waals surface area (Å²) in [6.45, 7) is 9.28. The minimum atomic E-state index is -0.895. The zero-order valence-electron chi connectivity index (χ0n) is 13.4. The van der Waals surface area contributed by atoms with E-state index in [2.05, 4.69) is 5.32 Å². The third kappa shape index (κ3) is 5.01. The van der Waals surface area contributed by atoms with Gasteiger partial charge in [-0.3, -0.25) is 4.79 Å². The first kappa shape index (κ1) is 17.4. The lowest BCUT2D eigenvalue weighted by Gasteiger charge is -2.32. The highest BCUT2D eigenvalue weighted by atomic mass is 19.1. The van der Waals surface area contributed by atoms with Crippen LogP contribution in [0, 0.1) is 12.7 Å². The van der Waals surface area contributed by atoms with E-state index in [-0.39, 0.29) is 17.9 Å². The Bertz CT molecular complexity index is 505. The van der Waals surface area contributed by atoms with Crippen LogP contribution in [-0.2, 0) is 4.79 Å². The second-order valence-corrected chi connectivity index (χ2v) is 6.06. The number of nitrogens with one attached hydrogen (secondary N) is 1. The Balaban J connectivity index is 2.81. The Hall–Kier alpha value is -1.62. The molecule has 2 atom stereocenters. The van der Waals surface area contributed by atoms with Gasteiger partial charge in [-0.15, -0.1) is 0 Å². The van der Waals surface area contributed by atoms with Gasteiger partial charge in [0.2, 0.25) is 5.91 Å². The SMILES string of the molecule is Cc1ccc(F)c(OC(C)CC(C)(NC(C)C)C(N)=O)c1. The van der Waals surface area contributed by atoms with Gasteiger partial charge in [-0.25, -0.2) is 4.39 Å². The average Bonchev–Trinajstić information content (AvgIpc) is 2.32. The summed E-state index contributed by atoms with van der Waals surface area (Å²) in [7, 11) is 0. The van der Waals surface area contributed by atoms with E-state index in [0.29, 0.717) is 6.42 Å². The fourth-order valence-corrected chi connectivity index (χ4v) is 2.40. The molecular formula is C16H25FN2O2. The minimum absolute atomic E-state index is 0.102. The third-order valence-corrected chi connectivity index (χ3v) is 3.26. The summed E-state index contributed by atoms with van der Waals surface area (Å²) in [6, 6.07) is 4.80. The van der Waals surface area contributed by atoms with Crippen LogP contribution in [0.5, 0.6) is 5.75 Å². The Morgan fingerprint density at radius 2 is 2.05 bits per heavy atom. The summed E-state index contributed by atoms with van der Waals surface area (Å²) in [6.07, 6.45) is -0.00138. The number of hydrogen-bond acceptors (Lipinski definition) is 3.